The minimum absolute atomic E-state index is 0.152. The molecule has 2 nitrogen and oxygen atoms in total. The molecule has 0 aliphatic heterocycles. The summed E-state index contributed by atoms with van der Waals surface area (Å²) in [7, 11) is 0. The van der Waals surface area contributed by atoms with E-state index in [0.29, 0.717) is 11.5 Å². The first-order chi connectivity index (χ1) is 7.93. The Morgan fingerprint density at radius 3 is 2.24 bits per heavy atom. The molecule has 0 aromatic heterocycles. The van der Waals surface area contributed by atoms with E-state index in [1.807, 2.05) is 0 Å². The highest BCUT2D eigenvalue weighted by Gasteiger charge is 2.29. The second-order valence-electron chi connectivity index (χ2n) is 6.77. The molecule has 0 radical (unpaired) electrons. The van der Waals surface area contributed by atoms with Gasteiger partial charge in [-0.15, -0.1) is 0 Å². The molecular formula is C15H31NO. The molecule has 0 aromatic rings. The Hall–Kier alpha value is -0.0800. The summed E-state index contributed by atoms with van der Waals surface area (Å²) in [5.74, 6) is 0.876. The molecule has 2 heteroatoms. The first kappa shape index (κ1) is 15.0. The van der Waals surface area contributed by atoms with Crippen LogP contribution in [0.5, 0.6) is 0 Å². The Balaban J connectivity index is 2.19. The van der Waals surface area contributed by atoms with Gasteiger partial charge in [-0.05, 0) is 43.4 Å². The predicted octanol–water partition coefficient (Wildman–Crippen LogP) is 3.34. The van der Waals surface area contributed by atoms with Gasteiger partial charge in [-0.2, -0.15) is 0 Å². The molecule has 1 rings (SSSR count). The third-order valence-corrected chi connectivity index (χ3v) is 4.22. The summed E-state index contributed by atoms with van der Waals surface area (Å²) in [6.07, 6.45) is 7.07. The van der Waals surface area contributed by atoms with Crippen LogP contribution in [-0.4, -0.2) is 23.8 Å². The van der Waals surface area contributed by atoms with Gasteiger partial charge in [-0.1, -0.05) is 34.1 Å². The van der Waals surface area contributed by atoms with E-state index in [1.165, 1.54) is 25.7 Å². The largest absolute Gasteiger partial charge is 0.392 e. The van der Waals surface area contributed by atoms with Gasteiger partial charge in [0.2, 0.25) is 0 Å². The zero-order chi connectivity index (χ0) is 12.9. The van der Waals surface area contributed by atoms with Crippen LogP contribution in [0.2, 0.25) is 0 Å². The first-order valence-electron chi connectivity index (χ1n) is 7.35. The highest BCUT2D eigenvalue weighted by Crippen LogP contribution is 2.37. The Morgan fingerprint density at radius 1 is 1.18 bits per heavy atom. The molecule has 0 saturated heterocycles. The lowest BCUT2D eigenvalue weighted by Crippen LogP contribution is -2.39. The zero-order valence-corrected chi connectivity index (χ0v) is 12.1. The summed E-state index contributed by atoms with van der Waals surface area (Å²) in [5, 5.41) is 13.2. The quantitative estimate of drug-likeness (QED) is 0.773. The van der Waals surface area contributed by atoms with Gasteiger partial charge in [0, 0.05) is 12.6 Å². The molecule has 1 saturated carbocycles. The van der Waals surface area contributed by atoms with Crippen molar-refractivity contribution in [1.82, 2.24) is 5.32 Å². The number of rotatable bonds is 5. The van der Waals surface area contributed by atoms with E-state index in [9.17, 15) is 5.11 Å². The van der Waals surface area contributed by atoms with E-state index in [-0.39, 0.29) is 6.10 Å². The van der Waals surface area contributed by atoms with E-state index in [1.54, 1.807) is 0 Å². The Morgan fingerprint density at radius 2 is 1.76 bits per heavy atom. The summed E-state index contributed by atoms with van der Waals surface area (Å²) >= 11 is 0. The maximum Gasteiger partial charge on any atom is 0.0664 e. The third kappa shape index (κ3) is 5.39. The van der Waals surface area contributed by atoms with Crippen LogP contribution in [0, 0.1) is 11.3 Å². The summed E-state index contributed by atoms with van der Waals surface area (Å²) in [6.45, 7) is 9.97. The SMILES string of the molecule is CCCC(O)CNC1CCC(C(C)(C)C)CC1. The maximum absolute atomic E-state index is 9.70. The van der Waals surface area contributed by atoms with Gasteiger partial charge in [-0.25, -0.2) is 0 Å². The molecule has 1 fully saturated rings. The van der Waals surface area contributed by atoms with E-state index in [2.05, 4.69) is 33.0 Å². The van der Waals surface area contributed by atoms with Gasteiger partial charge < -0.3 is 10.4 Å². The van der Waals surface area contributed by atoms with Gasteiger partial charge in [0.25, 0.3) is 0 Å². The van der Waals surface area contributed by atoms with Crippen molar-refractivity contribution in [2.45, 2.75) is 78.4 Å². The third-order valence-electron chi connectivity index (χ3n) is 4.22. The second kappa shape index (κ2) is 6.75. The minimum atomic E-state index is -0.152. The van der Waals surface area contributed by atoms with Crippen LogP contribution in [0.4, 0.5) is 0 Å². The van der Waals surface area contributed by atoms with Crippen molar-refractivity contribution >= 4 is 0 Å². The van der Waals surface area contributed by atoms with Crippen molar-refractivity contribution in [3.63, 3.8) is 0 Å². The molecule has 1 unspecified atom stereocenters. The number of aliphatic hydroxyl groups excluding tert-OH is 1. The summed E-state index contributed by atoms with van der Waals surface area (Å²) in [6, 6.07) is 0.639. The van der Waals surface area contributed by atoms with Crippen molar-refractivity contribution in [1.29, 1.82) is 0 Å². The first-order valence-corrected chi connectivity index (χ1v) is 7.35. The van der Waals surface area contributed by atoms with Gasteiger partial charge in [0.1, 0.15) is 0 Å². The highest BCUT2D eigenvalue weighted by molar-refractivity contribution is 4.83. The van der Waals surface area contributed by atoms with Crippen molar-refractivity contribution in [3.8, 4) is 0 Å². The topological polar surface area (TPSA) is 32.3 Å². The molecule has 102 valence electrons. The maximum atomic E-state index is 9.70. The standard InChI is InChI=1S/C15H31NO/c1-5-6-14(17)11-16-13-9-7-12(8-10-13)15(2,3)4/h12-14,16-17H,5-11H2,1-4H3. The Bertz CT molecular complexity index is 201. The fourth-order valence-corrected chi connectivity index (χ4v) is 2.90. The van der Waals surface area contributed by atoms with Crippen LogP contribution in [0.3, 0.4) is 0 Å². The van der Waals surface area contributed by atoms with Crippen LogP contribution in [0.15, 0.2) is 0 Å². The van der Waals surface area contributed by atoms with Crippen molar-refractivity contribution in [2.75, 3.05) is 6.54 Å². The van der Waals surface area contributed by atoms with Gasteiger partial charge in [-0.3, -0.25) is 0 Å². The molecule has 1 aliphatic carbocycles. The number of hydrogen-bond acceptors (Lipinski definition) is 2. The van der Waals surface area contributed by atoms with E-state index in [0.717, 1.165) is 25.3 Å². The van der Waals surface area contributed by atoms with Crippen molar-refractivity contribution < 1.29 is 5.11 Å². The Labute approximate surface area is 107 Å². The number of aliphatic hydroxyl groups is 1. The Kier molecular flexibility index (Phi) is 5.94. The molecule has 0 bridgehead atoms. The van der Waals surface area contributed by atoms with Gasteiger partial charge in [0.15, 0.2) is 0 Å². The average Bonchev–Trinajstić information content (AvgIpc) is 2.26. The monoisotopic (exact) mass is 241 g/mol. The van der Waals surface area contributed by atoms with Crippen molar-refractivity contribution in [3.05, 3.63) is 0 Å². The normalized spacial score (nSPS) is 28.1. The van der Waals surface area contributed by atoms with Crippen LogP contribution in [0.25, 0.3) is 0 Å². The molecule has 0 spiro atoms. The smallest absolute Gasteiger partial charge is 0.0664 e. The average molecular weight is 241 g/mol. The van der Waals surface area contributed by atoms with E-state index in [4.69, 9.17) is 0 Å². The molecular weight excluding hydrogens is 210 g/mol. The van der Waals surface area contributed by atoms with E-state index >= 15 is 0 Å². The highest BCUT2D eigenvalue weighted by atomic mass is 16.3. The molecule has 1 aliphatic rings. The van der Waals surface area contributed by atoms with Crippen LogP contribution >= 0.6 is 0 Å². The molecule has 1 atom stereocenters. The molecule has 17 heavy (non-hydrogen) atoms. The summed E-state index contributed by atoms with van der Waals surface area (Å²) in [4.78, 5) is 0. The molecule has 0 heterocycles. The predicted molar refractivity (Wildman–Crippen MR) is 74.1 cm³/mol. The summed E-state index contributed by atoms with van der Waals surface area (Å²) in [5.41, 5.74) is 0.465. The number of nitrogens with one attached hydrogen (secondary N) is 1. The lowest BCUT2D eigenvalue weighted by Gasteiger charge is -2.37. The minimum Gasteiger partial charge on any atom is -0.392 e. The van der Waals surface area contributed by atoms with Gasteiger partial charge in [0.05, 0.1) is 6.10 Å². The lowest BCUT2D eigenvalue weighted by molar-refractivity contribution is 0.133. The molecule has 2 N–H and O–H groups in total. The van der Waals surface area contributed by atoms with Crippen molar-refractivity contribution in [2.24, 2.45) is 11.3 Å². The fourth-order valence-electron chi connectivity index (χ4n) is 2.90. The lowest BCUT2D eigenvalue weighted by atomic mass is 9.71. The molecule has 0 aromatic carbocycles. The van der Waals surface area contributed by atoms with Crippen LogP contribution in [0.1, 0.15) is 66.2 Å². The summed E-state index contributed by atoms with van der Waals surface area (Å²) < 4.78 is 0. The van der Waals surface area contributed by atoms with Crippen LogP contribution < -0.4 is 5.32 Å². The molecule has 0 amide bonds. The second-order valence-corrected chi connectivity index (χ2v) is 6.77. The van der Waals surface area contributed by atoms with Gasteiger partial charge >= 0.3 is 0 Å². The number of hydrogen-bond donors (Lipinski definition) is 2. The van der Waals surface area contributed by atoms with Crippen LogP contribution in [-0.2, 0) is 0 Å². The van der Waals surface area contributed by atoms with E-state index < -0.39 is 0 Å². The zero-order valence-electron chi connectivity index (χ0n) is 12.1. The fraction of sp³-hybridized carbons (Fsp3) is 1.00.